The van der Waals surface area contributed by atoms with E-state index in [0.29, 0.717) is 25.1 Å². The summed E-state index contributed by atoms with van der Waals surface area (Å²) >= 11 is 0. The van der Waals surface area contributed by atoms with Crippen molar-refractivity contribution < 1.29 is 14.6 Å². The largest absolute Gasteiger partial charge is 0.396 e. The summed E-state index contributed by atoms with van der Waals surface area (Å²) in [4.78, 5) is 2.46. The minimum absolute atomic E-state index is 0.0820. The van der Waals surface area contributed by atoms with E-state index in [1.807, 2.05) is 0 Å². The molecular formula is C12H23NO3. The van der Waals surface area contributed by atoms with Gasteiger partial charge < -0.3 is 14.6 Å². The highest BCUT2D eigenvalue weighted by Gasteiger charge is 2.38. The standard InChI is InChI=1S/C12H23NO3/c1-9(2)13-6-3-4-11(13)12-15-8-10(16-12)5-7-14/h9-12,14H,3-8H2,1-2H3. The number of nitrogens with zero attached hydrogens (tertiary/aromatic N) is 1. The van der Waals surface area contributed by atoms with Crippen LogP contribution in [-0.4, -0.2) is 54.2 Å². The van der Waals surface area contributed by atoms with Crippen LogP contribution in [0.2, 0.25) is 0 Å². The van der Waals surface area contributed by atoms with Crippen LogP contribution in [0.3, 0.4) is 0 Å². The Hall–Kier alpha value is -0.160. The minimum Gasteiger partial charge on any atom is -0.396 e. The number of rotatable bonds is 4. The number of likely N-dealkylation sites (tertiary alicyclic amines) is 1. The highest BCUT2D eigenvalue weighted by atomic mass is 16.7. The van der Waals surface area contributed by atoms with Crippen LogP contribution >= 0.6 is 0 Å². The van der Waals surface area contributed by atoms with E-state index in [-0.39, 0.29) is 19.0 Å². The molecule has 94 valence electrons. The zero-order chi connectivity index (χ0) is 11.5. The predicted molar refractivity (Wildman–Crippen MR) is 61.2 cm³/mol. The van der Waals surface area contributed by atoms with Gasteiger partial charge in [-0.2, -0.15) is 0 Å². The van der Waals surface area contributed by atoms with Gasteiger partial charge in [-0.15, -0.1) is 0 Å². The first-order valence-corrected chi connectivity index (χ1v) is 6.36. The molecule has 3 unspecified atom stereocenters. The van der Waals surface area contributed by atoms with Crippen LogP contribution in [0.1, 0.15) is 33.1 Å². The van der Waals surface area contributed by atoms with Gasteiger partial charge in [0.15, 0.2) is 6.29 Å². The summed E-state index contributed by atoms with van der Waals surface area (Å²) in [7, 11) is 0. The maximum atomic E-state index is 8.87. The lowest BCUT2D eigenvalue weighted by Gasteiger charge is -2.31. The molecule has 0 amide bonds. The molecular weight excluding hydrogens is 206 g/mol. The molecule has 0 aromatic carbocycles. The Bertz CT molecular complexity index is 222. The van der Waals surface area contributed by atoms with Crippen LogP contribution in [0, 0.1) is 0 Å². The second-order valence-electron chi connectivity index (χ2n) is 5.01. The Morgan fingerprint density at radius 2 is 2.25 bits per heavy atom. The quantitative estimate of drug-likeness (QED) is 0.780. The van der Waals surface area contributed by atoms with Crippen molar-refractivity contribution in [2.24, 2.45) is 0 Å². The maximum absolute atomic E-state index is 8.87. The van der Waals surface area contributed by atoms with Gasteiger partial charge in [0.1, 0.15) is 0 Å². The van der Waals surface area contributed by atoms with E-state index in [1.165, 1.54) is 6.42 Å². The van der Waals surface area contributed by atoms with Gasteiger partial charge >= 0.3 is 0 Å². The first-order valence-electron chi connectivity index (χ1n) is 6.36. The number of aliphatic hydroxyl groups is 1. The molecule has 1 N–H and O–H groups in total. The summed E-state index contributed by atoms with van der Waals surface area (Å²) in [6.45, 7) is 6.40. The highest BCUT2D eigenvalue weighted by molar-refractivity contribution is 4.86. The molecule has 2 aliphatic rings. The maximum Gasteiger partial charge on any atom is 0.173 e. The fraction of sp³-hybridized carbons (Fsp3) is 1.00. The van der Waals surface area contributed by atoms with E-state index in [4.69, 9.17) is 14.6 Å². The number of hydrogen-bond donors (Lipinski definition) is 1. The number of hydrogen-bond acceptors (Lipinski definition) is 4. The molecule has 3 atom stereocenters. The third kappa shape index (κ3) is 2.56. The molecule has 16 heavy (non-hydrogen) atoms. The van der Waals surface area contributed by atoms with Crippen molar-refractivity contribution in [1.29, 1.82) is 0 Å². The fourth-order valence-corrected chi connectivity index (χ4v) is 2.72. The van der Waals surface area contributed by atoms with Gasteiger partial charge in [0.2, 0.25) is 0 Å². The van der Waals surface area contributed by atoms with Gasteiger partial charge in [-0.25, -0.2) is 0 Å². The predicted octanol–water partition coefficient (Wildman–Crippen LogP) is 0.983. The molecule has 0 aromatic rings. The summed E-state index contributed by atoms with van der Waals surface area (Å²) in [5.74, 6) is 0. The minimum atomic E-state index is -0.0820. The third-order valence-electron chi connectivity index (χ3n) is 3.54. The lowest BCUT2D eigenvalue weighted by atomic mass is 10.2. The van der Waals surface area contributed by atoms with Crippen LogP contribution in [0.5, 0.6) is 0 Å². The second-order valence-corrected chi connectivity index (χ2v) is 5.01. The van der Waals surface area contributed by atoms with E-state index in [2.05, 4.69) is 18.7 Å². The molecule has 4 nitrogen and oxygen atoms in total. The average molecular weight is 229 g/mol. The Morgan fingerprint density at radius 3 is 2.94 bits per heavy atom. The second kappa shape index (κ2) is 5.45. The van der Waals surface area contributed by atoms with Crippen molar-refractivity contribution in [2.75, 3.05) is 19.8 Å². The van der Waals surface area contributed by atoms with Gasteiger partial charge in [-0.1, -0.05) is 0 Å². The van der Waals surface area contributed by atoms with Crippen molar-refractivity contribution in [3.63, 3.8) is 0 Å². The molecule has 2 aliphatic heterocycles. The molecule has 0 saturated carbocycles. The van der Waals surface area contributed by atoms with E-state index >= 15 is 0 Å². The number of ether oxygens (including phenoxy) is 2. The van der Waals surface area contributed by atoms with Gasteiger partial charge in [0, 0.05) is 12.6 Å². The van der Waals surface area contributed by atoms with Gasteiger partial charge in [-0.3, -0.25) is 4.90 Å². The average Bonchev–Trinajstić information content (AvgIpc) is 2.83. The summed E-state index contributed by atoms with van der Waals surface area (Å²) < 4.78 is 11.5. The van der Waals surface area contributed by atoms with E-state index < -0.39 is 0 Å². The summed E-state index contributed by atoms with van der Waals surface area (Å²) in [5.41, 5.74) is 0. The molecule has 0 aromatic heterocycles. The summed E-state index contributed by atoms with van der Waals surface area (Å²) in [6, 6.07) is 0.959. The molecule has 2 rings (SSSR count). The Labute approximate surface area is 97.5 Å². The third-order valence-corrected chi connectivity index (χ3v) is 3.54. The smallest absolute Gasteiger partial charge is 0.173 e. The van der Waals surface area contributed by atoms with Crippen molar-refractivity contribution in [1.82, 2.24) is 4.90 Å². The molecule has 0 bridgehead atoms. The summed E-state index contributed by atoms with van der Waals surface area (Å²) in [5, 5.41) is 8.87. The van der Waals surface area contributed by atoms with Gasteiger partial charge in [-0.05, 0) is 39.7 Å². The lowest BCUT2D eigenvalue weighted by molar-refractivity contribution is -0.108. The monoisotopic (exact) mass is 229 g/mol. The van der Waals surface area contributed by atoms with Crippen molar-refractivity contribution in [3.05, 3.63) is 0 Å². The molecule has 2 fully saturated rings. The van der Waals surface area contributed by atoms with Crippen LogP contribution in [0.4, 0.5) is 0 Å². The first kappa shape index (κ1) is 12.3. The summed E-state index contributed by atoms with van der Waals surface area (Å²) in [6.07, 6.45) is 3.09. The van der Waals surface area contributed by atoms with Gasteiger partial charge in [0.05, 0.1) is 18.8 Å². The van der Waals surface area contributed by atoms with E-state index in [0.717, 1.165) is 13.0 Å². The molecule has 0 aliphatic carbocycles. The van der Waals surface area contributed by atoms with Crippen molar-refractivity contribution in [2.45, 2.75) is 57.6 Å². The van der Waals surface area contributed by atoms with Crippen LogP contribution < -0.4 is 0 Å². The molecule has 2 heterocycles. The molecule has 2 saturated heterocycles. The zero-order valence-corrected chi connectivity index (χ0v) is 10.3. The van der Waals surface area contributed by atoms with Crippen LogP contribution in [-0.2, 0) is 9.47 Å². The SMILES string of the molecule is CC(C)N1CCCC1C1OCC(CCO)O1. The number of aliphatic hydroxyl groups excluding tert-OH is 1. The highest BCUT2D eigenvalue weighted by Crippen LogP contribution is 2.28. The van der Waals surface area contributed by atoms with Crippen molar-refractivity contribution >= 4 is 0 Å². The van der Waals surface area contributed by atoms with Gasteiger partial charge in [0.25, 0.3) is 0 Å². The Morgan fingerprint density at radius 1 is 1.44 bits per heavy atom. The topological polar surface area (TPSA) is 41.9 Å². The Kier molecular flexibility index (Phi) is 4.19. The van der Waals surface area contributed by atoms with Crippen LogP contribution in [0.25, 0.3) is 0 Å². The van der Waals surface area contributed by atoms with E-state index in [1.54, 1.807) is 0 Å². The van der Waals surface area contributed by atoms with Crippen LogP contribution in [0.15, 0.2) is 0 Å². The molecule has 0 spiro atoms. The molecule has 0 radical (unpaired) electrons. The first-order chi connectivity index (χ1) is 7.72. The Balaban J connectivity index is 1.88. The lowest BCUT2D eigenvalue weighted by Crippen LogP contribution is -2.43. The van der Waals surface area contributed by atoms with Crippen molar-refractivity contribution in [3.8, 4) is 0 Å². The fourth-order valence-electron chi connectivity index (χ4n) is 2.72. The zero-order valence-electron chi connectivity index (χ0n) is 10.3. The van der Waals surface area contributed by atoms with E-state index in [9.17, 15) is 0 Å². The normalized spacial score (nSPS) is 36.4. The molecule has 4 heteroatoms.